The van der Waals surface area contributed by atoms with Crippen molar-refractivity contribution < 1.29 is 4.79 Å². The molecule has 1 aromatic carbocycles. The van der Waals surface area contributed by atoms with Crippen molar-refractivity contribution in [2.75, 3.05) is 11.6 Å². The largest absolute Gasteiger partial charge is 0.321 e. The lowest BCUT2D eigenvalue weighted by molar-refractivity contribution is 0.102. The first kappa shape index (κ1) is 13.1. The predicted molar refractivity (Wildman–Crippen MR) is 78.1 cm³/mol. The number of para-hydroxylation sites is 1. The molecule has 0 saturated heterocycles. The molecule has 0 radical (unpaired) electrons. The Balaban J connectivity index is 2.18. The van der Waals surface area contributed by atoms with Crippen LogP contribution in [0.2, 0.25) is 0 Å². The highest BCUT2D eigenvalue weighted by molar-refractivity contribution is 9.10. The van der Waals surface area contributed by atoms with Gasteiger partial charge in [-0.15, -0.1) is 11.8 Å². The molecule has 0 fully saturated rings. The number of nitrogens with one attached hydrogen (secondary N) is 1. The fourth-order valence-corrected chi connectivity index (χ4v) is 2.24. The molecule has 0 aliphatic carbocycles. The number of thioether (sulfide) groups is 1. The highest BCUT2D eigenvalue weighted by Gasteiger charge is 2.08. The van der Waals surface area contributed by atoms with E-state index in [1.165, 1.54) is 0 Å². The third-order valence-corrected chi connectivity index (χ3v) is 3.61. The van der Waals surface area contributed by atoms with Crippen molar-refractivity contribution in [3.63, 3.8) is 0 Å². The molecule has 0 aliphatic heterocycles. The lowest BCUT2D eigenvalue weighted by Gasteiger charge is -2.08. The van der Waals surface area contributed by atoms with Gasteiger partial charge in [0, 0.05) is 11.1 Å². The molecule has 0 bridgehead atoms. The number of aromatic nitrogens is 1. The van der Waals surface area contributed by atoms with E-state index in [1.807, 2.05) is 30.5 Å². The van der Waals surface area contributed by atoms with E-state index >= 15 is 0 Å². The van der Waals surface area contributed by atoms with Gasteiger partial charge in [-0.25, -0.2) is 4.98 Å². The molecular weight excluding hydrogens is 312 g/mol. The van der Waals surface area contributed by atoms with Gasteiger partial charge in [-0.3, -0.25) is 4.79 Å². The van der Waals surface area contributed by atoms with Gasteiger partial charge in [-0.05, 0) is 46.5 Å². The number of hydrogen-bond donors (Lipinski definition) is 1. The maximum Gasteiger partial charge on any atom is 0.257 e. The summed E-state index contributed by atoms with van der Waals surface area (Å²) in [6, 6.07) is 11.2. The van der Waals surface area contributed by atoms with E-state index in [9.17, 15) is 4.79 Å². The third kappa shape index (κ3) is 3.11. The van der Waals surface area contributed by atoms with Crippen molar-refractivity contribution >= 4 is 39.3 Å². The maximum absolute atomic E-state index is 12.0. The summed E-state index contributed by atoms with van der Waals surface area (Å²) in [7, 11) is 0. The van der Waals surface area contributed by atoms with Gasteiger partial charge in [0.2, 0.25) is 0 Å². The van der Waals surface area contributed by atoms with E-state index in [-0.39, 0.29) is 5.91 Å². The van der Waals surface area contributed by atoms with E-state index in [4.69, 9.17) is 0 Å². The zero-order valence-electron chi connectivity index (χ0n) is 9.68. The second kappa shape index (κ2) is 6.02. The Morgan fingerprint density at radius 2 is 2.06 bits per heavy atom. The number of anilines is 1. The van der Waals surface area contributed by atoms with Crippen molar-refractivity contribution in [2.45, 2.75) is 4.90 Å². The number of nitrogens with zero attached hydrogens (tertiary/aromatic N) is 1. The molecule has 2 aromatic rings. The van der Waals surface area contributed by atoms with Crippen LogP contribution >= 0.6 is 27.7 Å². The molecule has 1 N–H and O–H groups in total. The van der Waals surface area contributed by atoms with Crippen molar-refractivity contribution in [3.05, 3.63) is 52.8 Å². The van der Waals surface area contributed by atoms with Crippen LogP contribution in [0.1, 0.15) is 10.4 Å². The number of rotatable bonds is 3. The Labute approximate surface area is 118 Å². The third-order valence-electron chi connectivity index (χ3n) is 2.34. The van der Waals surface area contributed by atoms with Gasteiger partial charge >= 0.3 is 0 Å². The second-order valence-corrected chi connectivity index (χ2v) is 5.18. The van der Waals surface area contributed by atoms with E-state index in [1.54, 1.807) is 30.1 Å². The number of hydrogen-bond acceptors (Lipinski definition) is 3. The van der Waals surface area contributed by atoms with Crippen LogP contribution in [0.4, 0.5) is 5.69 Å². The highest BCUT2D eigenvalue weighted by atomic mass is 79.9. The summed E-state index contributed by atoms with van der Waals surface area (Å²) in [5, 5.41) is 2.88. The van der Waals surface area contributed by atoms with Gasteiger partial charge in [0.15, 0.2) is 0 Å². The lowest BCUT2D eigenvalue weighted by Crippen LogP contribution is -2.12. The predicted octanol–water partition coefficient (Wildman–Crippen LogP) is 3.82. The van der Waals surface area contributed by atoms with Gasteiger partial charge in [-0.1, -0.05) is 12.1 Å². The zero-order valence-corrected chi connectivity index (χ0v) is 12.1. The average molecular weight is 323 g/mol. The number of amides is 1. The smallest absolute Gasteiger partial charge is 0.257 e. The molecule has 18 heavy (non-hydrogen) atoms. The van der Waals surface area contributed by atoms with E-state index in [0.717, 1.165) is 10.6 Å². The molecule has 3 nitrogen and oxygen atoms in total. The second-order valence-electron chi connectivity index (χ2n) is 3.52. The minimum absolute atomic E-state index is 0.156. The van der Waals surface area contributed by atoms with Gasteiger partial charge < -0.3 is 5.32 Å². The van der Waals surface area contributed by atoms with Crippen LogP contribution in [-0.2, 0) is 0 Å². The Bertz CT molecular complexity index is 557. The molecule has 5 heteroatoms. The molecule has 0 unspecified atom stereocenters. The minimum Gasteiger partial charge on any atom is -0.321 e. The van der Waals surface area contributed by atoms with Crippen molar-refractivity contribution in [1.29, 1.82) is 0 Å². The summed E-state index contributed by atoms with van der Waals surface area (Å²) in [5.74, 6) is -0.156. The van der Waals surface area contributed by atoms with E-state index in [2.05, 4.69) is 26.2 Å². The van der Waals surface area contributed by atoms with Crippen LogP contribution in [0.3, 0.4) is 0 Å². The normalized spacial score (nSPS) is 10.1. The molecule has 1 heterocycles. The zero-order chi connectivity index (χ0) is 13.0. The SMILES string of the molecule is CSc1ccccc1NC(=O)c1ccc(Br)nc1. The van der Waals surface area contributed by atoms with Crippen molar-refractivity contribution in [2.24, 2.45) is 0 Å². The van der Waals surface area contributed by atoms with Gasteiger partial charge in [0.1, 0.15) is 4.60 Å². The first-order chi connectivity index (χ1) is 8.70. The minimum atomic E-state index is -0.156. The molecule has 1 amide bonds. The fraction of sp³-hybridized carbons (Fsp3) is 0.0769. The quantitative estimate of drug-likeness (QED) is 0.690. The first-order valence-electron chi connectivity index (χ1n) is 5.26. The van der Waals surface area contributed by atoms with Crippen molar-refractivity contribution in [1.82, 2.24) is 4.98 Å². The number of halogens is 1. The molecule has 0 saturated carbocycles. The van der Waals surface area contributed by atoms with Crippen LogP contribution < -0.4 is 5.32 Å². The molecular formula is C13H11BrN2OS. The molecule has 2 rings (SSSR count). The van der Waals surface area contributed by atoms with Gasteiger partial charge in [0.05, 0.1) is 11.3 Å². The number of pyridine rings is 1. The number of carbonyl (C=O) groups excluding carboxylic acids is 1. The van der Waals surface area contributed by atoms with Gasteiger partial charge in [0.25, 0.3) is 5.91 Å². The summed E-state index contributed by atoms with van der Waals surface area (Å²) < 4.78 is 0.712. The number of benzene rings is 1. The van der Waals surface area contributed by atoms with E-state index < -0.39 is 0 Å². The molecule has 0 spiro atoms. The van der Waals surface area contributed by atoms with E-state index in [0.29, 0.717) is 10.2 Å². The van der Waals surface area contributed by atoms with Crippen LogP contribution in [0, 0.1) is 0 Å². The summed E-state index contributed by atoms with van der Waals surface area (Å²) in [4.78, 5) is 17.1. The summed E-state index contributed by atoms with van der Waals surface area (Å²) in [6.07, 6.45) is 3.52. The van der Waals surface area contributed by atoms with Crippen LogP contribution in [0.25, 0.3) is 0 Å². The Morgan fingerprint density at radius 3 is 2.72 bits per heavy atom. The fourth-order valence-electron chi connectivity index (χ4n) is 1.45. The monoisotopic (exact) mass is 322 g/mol. The summed E-state index contributed by atoms with van der Waals surface area (Å²) in [6.45, 7) is 0. The first-order valence-corrected chi connectivity index (χ1v) is 7.28. The Morgan fingerprint density at radius 1 is 1.28 bits per heavy atom. The van der Waals surface area contributed by atoms with Crippen molar-refractivity contribution in [3.8, 4) is 0 Å². The molecule has 92 valence electrons. The molecule has 0 aliphatic rings. The topological polar surface area (TPSA) is 42.0 Å². The Hall–Kier alpha value is -1.33. The van der Waals surface area contributed by atoms with Crippen LogP contribution in [0.15, 0.2) is 52.1 Å². The van der Waals surface area contributed by atoms with Crippen LogP contribution in [0.5, 0.6) is 0 Å². The maximum atomic E-state index is 12.0. The summed E-state index contributed by atoms with van der Waals surface area (Å²) in [5.41, 5.74) is 1.35. The Kier molecular flexibility index (Phi) is 4.38. The lowest BCUT2D eigenvalue weighted by atomic mass is 10.2. The number of carbonyl (C=O) groups is 1. The average Bonchev–Trinajstić information content (AvgIpc) is 2.40. The highest BCUT2D eigenvalue weighted by Crippen LogP contribution is 2.25. The standard InChI is InChI=1S/C13H11BrN2OS/c1-18-11-5-3-2-4-10(11)16-13(17)9-6-7-12(14)15-8-9/h2-8H,1H3,(H,16,17). The molecule has 0 atom stereocenters. The summed E-state index contributed by atoms with van der Waals surface area (Å²) >= 11 is 4.84. The molecule has 1 aromatic heterocycles. The van der Waals surface area contributed by atoms with Gasteiger partial charge in [-0.2, -0.15) is 0 Å². The van der Waals surface area contributed by atoms with Crippen LogP contribution in [-0.4, -0.2) is 17.1 Å².